The maximum absolute atomic E-state index is 12.8. The fourth-order valence-corrected chi connectivity index (χ4v) is 1.90. The van der Waals surface area contributed by atoms with Gasteiger partial charge in [-0.25, -0.2) is 4.39 Å². The molecular weight excluding hydrogens is 237 g/mol. The van der Waals surface area contributed by atoms with E-state index in [0.717, 1.165) is 17.2 Å². The zero-order valence-electron chi connectivity index (χ0n) is 9.77. The van der Waals surface area contributed by atoms with Gasteiger partial charge in [-0.1, -0.05) is 13.8 Å². The predicted molar refractivity (Wildman–Crippen MR) is 68.6 cm³/mol. The number of nitrogens with one attached hydrogen (secondary N) is 1. The van der Waals surface area contributed by atoms with Crippen molar-refractivity contribution < 1.29 is 4.39 Å². The van der Waals surface area contributed by atoms with Crippen LogP contribution in [0.4, 0.5) is 9.52 Å². The van der Waals surface area contributed by atoms with Crippen molar-refractivity contribution in [1.82, 2.24) is 9.36 Å². The lowest BCUT2D eigenvalue weighted by Gasteiger charge is -2.03. The van der Waals surface area contributed by atoms with Crippen molar-refractivity contribution in [2.45, 2.75) is 13.8 Å². The van der Waals surface area contributed by atoms with Gasteiger partial charge in [-0.15, -0.1) is 0 Å². The highest BCUT2D eigenvalue weighted by Gasteiger charge is 2.06. The van der Waals surface area contributed by atoms with Crippen molar-refractivity contribution in [3.8, 4) is 11.4 Å². The van der Waals surface area contributed by atoms with E-state index in [-0.39, 0.29) is 5.82 Å². The molecule has 0 saturated carbocycles. The second-order valence-corrected chi connectivity index (χ2v) is 4.96. The summed E-state index contributed by atoms with van der Waals surface area (Å²) in [5, 5.41) is 4.02. The van der Waals surface area contributed by atoms with E-state index in [9.17, 15) is 4.39 Å². The van der Waals surface area contributed by atoms with Gasteiger partial charge in [-0.3, -0.25) is 0 Å². The number of benzene rings is 1. The molecule has 0 radical (unpaired) electrons. The predicted octanol–water partition coefficient (Wildman–Crippen LogP) is 3.41. The van der Waals surface area contributed by atoms with Crippen LogP contribution in [0.2, 0.25) is 0 Å². The van der Waals surface area contributed by atoms with Gasteiger partial charge in [0.15, 0.2) is 5.82 Å². The lowest BCUT2D eigenvalue weighted by atomic mass is 10.2. The topological polar surface area (TPSA) is 37.8 Å². The molecule has 17 heavy (non-hydrogen) atoms. The van der Waals surface area contributed by atoms with Crippen molar-refractivity contribution in [3.05, 3.63) is 30.1 Å². The molecule has 0 atom stereocenters. The van der Waals surface area contributed by atoms with Gasteiger partial charge in [0.2, 0.25) is 5.13 Å². The Hall–Kier alpha value is -1.49. The largest absolute Gasteiger partial charge is 0.360 e. The van der Waals surface area contributed by atoms with Gasteiger partial charge < -0.3 is 5.32 Å². The Morgan fingerprint density at radius 1 is 1.29 bits per heavy atom. The van der Waals surface area contributed by atoms with Gasteiger partial charge in [-0.2, -0.15) is 9.36 Å². The van der Waals surface area contributed by atoms with Gasteiger partial charge in [0.25, 0.3) is 0 Å². The summed E-state index contributed by atoms with van der Waals surface area (Å²) in [6.45, 7) is 5.14. The van der Waals surface area contributed by atoms with Crippen LogP contribution in [0.15, 0.2) is 24.3 Å². The number of hydrogen-bond donors (Lipinski definition) is 1. The Bertz CT molecular complexity index is 479. The van der Waals surface area contributed by atoms with E-state index in [0.29, 0.717) is 11.7 Å². The molecule has 0 aliphatic heterocycles. The summed E-state index contributed by atoms with van der Waals surface area (Å²) in [5.41, 5.74) is 0.834. The zero-order valence-corrected chi connectivity index (χ0v) is 10.6. The lowest BCUT2D eigenvalue weighted by molar-refractivity contribution is 0.628. The van der Waals surface area contributed by atoms with E-state index >= 15 is 0 Å². The number of halogens is 1. The Morgan fingerprint density at radius 2 is 2.00 bits per heavy atom. The highest BCUT2D eigenvalue weighted by atomic mass is 32.1. The SMILES string of the molecule is CC(C)CNc1nc(-c2ccc(F)cc2)ns1. The van der Waals surface area contributed by atoms with Crippen LogP contribution < -0.4 is 5.32 Å². The highest BCUT2D eigenvalue weighted by molar-refractivity contribution is 7.09. The van der Waals surface area contributed by atoms with Crippen LogP contribution in [0.1, 0.15) is 13.8 Å². The molecule has 0 spiro atoms. The quantitative estimate of drug-likeness (QED) is 0.904. The van der Waals surface area contributed by atoms with E-state index in [1.165, 1.54) is 23.7 Å². The maximum Gasteiger partial charge on any atom is 0.202 e. The standard InChI is InChI=1S/C12H14FN3S/c1-8(2)7-14-12-15-11(16-17-12)9-3-5-10(13)6-4-9/h3-6,8H,7H2,1-2H3,(H,14,15,16). The first-order chi connectivity index (χ1) is 8.15. The fourth-order valence-electron chi connectivity index (χ4n) is 1.30. The molecule has 1 aromatic heterocycles. The van der Waals surface area contributed by atoms with E-state index in [2.05, 4.69) is 28.5 Å². The summed E-state index contributed by atoms with van der Waals surface area (Å²) in [6.07, 6.45) is 0. The Morgan fingerprint density at radius 3 is 2.65 bits per heavy atom. The lowest BCUT2D eigenvalue weighted by Crippen LogP contribution is -2.07. The first kappa shape index (κ1) is 12.0. The molecule has 3 nitrogen and oxygen atoms in total. The van der Waals surface area contributed by atoms with E-state index in [1.807, 2.05) is 0 Å². The highest BCUT2D eigenvalue weighted by Crippen LogP contribution is 2.21. The van der Waals surface area contributed by atoms with Gasteiger partial charge in [0, 0.05) is 23.6 Å². The molecule has 0 amide bonds. The zero-order chi connectivity index (χ0) is 12.3. The summed E-state index contributed by atoms with van der Waals surface area (Å²) in [5.74, 6) is 0.955. The van der Waals surface area contributed by atoms with E-state index in [4.69, 9.17) is 0 Å². The average molecular weight is 251 g/mol. The molecule has 2 rings (SSSR count). The van der Waals surface area contributed by atoms with Gasteiger partial charge in [0.05, 0.1) is 0 Å². The minimum absolute atomic E-state index is 0.248. The molecule has 0 unspecified atom stereocenters. The minimum atomic E-state index is -0.248. The minimum Gasteiger partial charge on any atom is -0.360 e. The monoisotopic (exact) mass is 251 g/mol. The third kappa shape index (κ3) is 3.23. The third-order valence-electron chi connectivity index (χ3n) is 2.19. The molecular formula is C12H14FN3S. The van der Waals surface area contributed by atoms with Crippen LogP contribution in [0.5, 0.6) is 0 Å². The Labute approximate surface area is 104 Å². The van der Waals surface area contributed by atoms with Gasteiger partial charge >= 0.3 is 0 Å². The number of nitrogens with zero attached hydrogens (tertiary/aromatic N) is 2. The molecule has 1 N–H and O–H groups in total. The number of anilines is 1. The summed E-state index contributed by atoms with van der Waals surface area (Å²) in [6, 6.07) is 6.20. The average Bonchev–Trinajstić information content (AvgIpc) is 2.76. The van der Waals surface area contributed by atoms with Crippen LogP contribution in [0.25, 0.3) is 11.4 Å². The smallest absolute Gasteiger partial charge is 0.202 e. The number of rotatable bonds is 4. The van der Waals surface area contributed by atoms with Gasteiger partial charge in [-0.05, 0) is 30.2 Å². The van der Waals surface area contributed by atoms with Crippen molar-refractivity contribution in [1.29, 1.82) is 0 Å². The summed E-state index contributed by atoms with van der Waals surface area (Å²) in [4.78, 5) is 4.36. The molecule has 5 heteroatoms. The van der Waals surface area contributed by atoms with Gasteiger partial charge in [0.1, 0.15) is 5.82 Å². The Kier molecular flexibility index (Phi) is 3.68. The summed E-state index contributed by atoms with van der Waals surface area (Å²) >= 11 is 1.32. The summed E-state index contributed by atoms with van der Waals surface area (Å²) < 4.78 is 17.0. The molecule has 0 saturated heterocycles. The molecule has 90 valence electrons. The van der Waals surface area contributed by atoms with Crippen LogP contribution in [0, 0.1) is 11.7 Å². The number of aromatic nitrogens is 2. The van der Waals surface area contributed by atoms with E-state index < -0.39 is 0 Å². The fraction of sp³-hybridized carbons (Fsp3) is 0.333. The first-order valence-corrected chi connectivity index (χ1v) is 6.26. The molecule has 0 aliphatic rings. The molecule has 1 aromatic carbocycles. The second-order valence-electron chi connectivity index (χ2n) is 4.20. The molecule has 0 aliphatic carbocycles. The maximum atomic E-state index is 12.8. The van der Waals surface area contributed by atoms with Crippen LogP contribution >= 0.6 is 11.5 Å². The van der Waals surface area contributed by atoms with Crippen molar-refractivity contribution in [2.75, 3.05) is 11.9 Å². The Balaban J connectivity index is 2.10. The van der Waals surface area contributed by atoms with Crippen LogP contribution in [-0.2, 0) is 0 Å². The summed E-state index contributed by atoms with van der Waals surface area (Å²) in [7, 11) is 0. The molecule has 0 bridgehead atoms. The van der Waals surface area contributed by atoms with Crippen molar-refractivity contribution >= 4 is 16.7 Å². The van der Waals surface area contributed by atoms with Crippen LogP contribution in [-0.4, -0.2) is 15.9 Å². The number of hydrogen-bond acceptors (Lipinski definition) is 4. The normalized spacial score (nSPS) is 10.8. The third-order valence-corrected chi connectivity index (χ3v) is 2.86. The molecule has 1 heterocycles. The molecule has 2 aromatic rings. The van der Waals surface area contributed by atoms with Crippen molar-refractivity contribution in [3.63, 3.8) is 0 Å². The first-order valence-electron chi connectivity index (χ1n) is 5.48. The second kappa shape index (κ2) is 5.23. The van der Waals surface area contributed by atoms with E-state index in [1.54, 1.807) is 12.1 Å². The van der Waals surface area contributed by atoms with Crippen molar-refractivity contribution in [2.24, 2.45) is 5.92 Å². The molecule has 0 fully saturated rings. The van der Waals surface area contributed by atoms with Crippen LogP contribution in [0.3, 0.4) is 0 Å².